The summed E-state index contributed by atoms with van der Waals surface area (Å²) in [4.78, 5) is 14.1. The van der Waals surface area contributed by atoms with Gasteiger partial charge in [0, 0.05) is 20.0 Å². The lowest BCUT2D eigenvalue weighted by molar-refractivity contribution is -0.131. The van der Waals surface area contributed by atoms with E-state index in [9.17, 15) is 4.79 Å². The highest BCUT2D eigenvalue weighted by atomic mass is 16.2. The van der Waals surface area contributed by atoms with Crippen molar-refractivity contribution in [2.24, 2.45) is 5.92 Å². The van der Waals surface area contributed by atoms with Crippen molar-refractivity contribution in [3.63, 3.8) is 0 Å². The highest BCUT2D eigenvalue weighted by Gasteiger charge is 2.20. The molecule has 1 atom stereocenters. The molecular formula is C18H22N2O. The Balaban J connectivity index is 1.64. The predicted octanol–water partition coefficient (Wildman–Crippen LogP) is 2.80. The number of benzene rings is 2. The van der Waals surface area contributed by atoms with Gasteiger partial charge in [0.1, 0.15) is 0 Å². The predicted molar refractivity (Wildman–Crippen MR) is 86.0 cm³/mol. The van der Waals surface area contributed by atoms with Gasteiger partial charge in [-0.3, -0.25) is 4.79 Å². The average Bonchev–Trinajstić information content (AvgIpc) is 3.00. The molecule has 0 radical (unpaired) electrons. The number of nitrogens with zero attached hydrogens (tertiary/aromatic N) is 1. The van der Waals surface area contributed by atoms with Gasteiger partial charge < -0.3 is 10.2 Å². The van der Waals surface area contributed by atoms with E-state index in [0.29, 0.717) is 18.9 Å². The Morgan fingerprint density at radius 3 is 2.81 bits per heavy atom. The molecule has 1 aliphatic heterocycles. The Kier molecular flexibility index (Phi) is 4.20. The molecule has 0 saturated carbocycles. The van der Waals surface area contributed by atoms with Gasteiger partial charge >= 0.3 is 0 Å². The molecule has 3 heteroatoms. The molecule has 110 valence electrons. The van der Waals surface area contributed by atoms with Gasteiger partial charge in [-0.15, -0.1) is 0 Å². The highest BCUT2D eigenvalue weighted by molar-refractivity contribution is 5.83. The van der Waals surface area contributed by atoms with E-state index in [2.05, 4.69) is 35.6 Å². The van der Waals surface area contributed by atoms with Crippen LogP contribution in [0.2, 0.25) is 0 Å². The van der Waals surface area contributed by atoms with Gasteiger partial charge in [0.05, 0.1) is 0 Å². The third-order valence-electron chi connectivity index (χ3n) is 4.29. The second-order valence-corrected chi connectivity index (χ2v) is 5.99. The van der Waals surface area contributed by atoms with Crippen LogP contribution in [0.1, 0.15) is 18.4 Å². The topological polar surface area (TPSA) is 32.3 Å². The zero-order valence-corrected chi connectivity index (χ0v) is 12.5. The fourth-order valence-electron chi connectivity index (χ4n) is 2.99. The Morgan fingerprint density at radius 1 is 1.24 bits per heavy atom. The van der Waals surface area contributed by atoms with Crippen LogP contribution in [-0.2, 0) is 11.3 Å². The van der Waals surface area contributed by atoms with Crippen LogP contribution in [0, 0.1) is 5.92 Å². The molecule has 21 heavy (non-hydrogen) atoms. The van der Waals surface area contributed by atoms with Gasteiger partial charge in [-0.25, -0.2) is 0 Å². The maximum Gasteiger partial charge on any atom is 0.222 e. The minimum Gasteiger partial charge on any atom is -0.341 e. The molecule has 1 heterocycles. The number of hydrogen-bond acceptors (Lipinski definition) is 2. The number of carbonyl (C=O) groups excluding carboxylic acids is 1. The van der Waals surface area contributed by atoms with Gasteiger partial charge in [-0.2, -0.15) is 0 Å². The first-order valence-corrected chi connectivity index (χ1v) is 7.65. The van der Waals surface area contributed by atoms with E-state index in [4.69, 9.17) is 0 Å². The number of carbonyl (C=O) groups is 1. The molecule has 3 rings (SSSR count). The maximum absolute atomic E-state index is 12.3. The first-order chi connectivity index (χ1) is 10.2. The summed E-state index contributed by atoms with van der Waals surface area (Å²) in [7, 11) is 1.90. The summed E-state index contributed by atoms with van der Waals surface area (Å²) in [6.07, 6.45) is 1.78. The van der Waals surface area contributed by atoms with Crippen molar-refractivity contribution in [1.82, 2.24) is 10.2 Å². The van der Waals surface area contributed by atoms with Crippen LogP contribution in [0.3, 0.4) is 0 Å². The van der Waals surface area contributed by atoms with Gasteiger partial charge in [0.15, 0.2) is 0 Å². The molecule has 1 amide bonds. The SMILES string of the molecule is CN(Cc1ccc2ccccc2c1)C(=O)CC1CCNC1. The lowest BCUT2D eigenvalue weighted by Gasteiger charge is -2.19. The van der Waals surface area contributed by atoms with Crippen LogP contribution in [0.4, 0.5) is 0 Å². The van der Waals surface area contributed by atoms with Crippen molar-refractivity contribution < 1.29 is 4.79 Å². The van der Waals surface area contributed by atoms with E-state index < -0.39 is 0 Å². The van der Waals surface area contributed by atoms with Crippen molar-refractivity contribution in [2.45, 2.75) is 19.4 Å². The minimum absolute atomic E-state index is 0.247. The van der Waals surface area contributed by atoms with Crippen molar-refractivity contribution >= 4 is 16.7 Å². The number of amides is 1. The normalized spacial score (nSPS) is 18.0. The van der Waals surface area contributed by atoms with Crippen LogP contribution in [0.15, 0.2) is 42.5 Å². The summed E-state index contributed by atoms with van der Waals surface area (Å²) in [5.41, 5.74) is 1.19. The zero-order chi connectivity index (χ0) is 14.7. The van der Waals surface area contributed by atoms with Gasteiger partial charge in [0.25, 0.3) is 0 Å². The third-order valence-corrected chi connectivity index (χ3v) is 4.29. The van der Waals surface area contributed by atoms with Crippen LogP contribution in [0.25, 0.3) is 10.8 Å². The van der Waals surface area contributed by atoms with Crippen LogP contribution in [0.5, 0.6) is 0 Å². The lowest BCUT2D eigenvalue weighted by atomic mass is 10.0. The average molecular weight is 282 g/mol. The largest absolute Gasteiger partial charge is 0.341 e. The summed E-state index contributed by atoms with van der Waals surface area (Å²) in [5, 5.41) is 5.79. The molecule has 0 bridgehead atoms. The summed E-state index contributed by atoms with van der Waals surface area (Å²) < 4.78 is 0. The van der Waals surface area contributed by atoms with Crippen molar-refractivity contribution in [1.29, 1.82) is 0 Å². The van der Waals surface area contributed by atoms with E-state index in [0.717, 1.165) is 19.5 Å². The molecular weight excluding hydrogens is 260 g/mol. The molecule has 3 nitrogen and oxygen atoms in total. The second-order valence-electron chi connectivity index (χ2n) is 5.99. The Hall–Kier alpha value is -1.87. The Labute approximate surface area is 125 Å². The Morgan fingerprint density at radius 2 is 2.05 bits per heavy atom. The smallest absolute Gasteiger partial charge is 0.222 e. The highest BCUT2D eigenvalue weighted by Crippen LogP contribution is 2.18. The van der Waals surface area contributed by atoms with E-state index in [1.807, 2.05) is 24.1 Å². The van der Waals surface area contributed by atoms with Crippen LogP contribution in [-0.4, -0.2) is 30.9 Å². The molecule has 1 saturated heterocycles. The standard InChI is InChI=1S/C18H22N2O/c1-20(18(21)11-14-8-9-19-12-14)13-15-6-7-16-4-2-3-5-17(16)10-15/h2-7,10,14,19H,8-9,11-13H2,1H3. The van der Waals surface area contributed by atoms with E-state index in [-0.39, 0.29) is 5.91 Å². The van der Waals surface area contributed by atoms with E-state index >= 15 is 0 Å². The third kappa shape index (κ3) is 3.42. The monoisotopic (exact) mass is 282 g/mol. The van der Waals surface area contributed by atoms with Crippen molar-refractivity contribution in [3.8, 4) is 0 Å². The second kappa shape index (κ2) is 6.27. The van der Waals surface area contributed by atoms with E-state index in [1.165, 1.54) is 16.3 Å². The number of nitrogens with one attached hydrogen (secondary N) is 1. The minimum atomic E-state index is 0.247. The molecule has 0 aromatic heterocycles. The number of hydrogen-bond donors (Lipinski definition) is 1. The van der Waals surface area contributed by atoms with Gasteiger partial charge in [0.2, 0.25) is 5.91 Å². The molecule has 0 spiro atoms. The first-order valence-electron chi connectivity index (χ1n) is 7.65. The van der Waals surface area contributed by atoms with Crippen molar-refractivity contribution in [3.05, 3.63) is 48.0 Å². The van der Waals surface area contributed by atoms with Crippen LogP contribution >= 0.6 is 0 Å². The summed E-state index contributed by atoms with van der Waals surface area (Å²) in [6.45, 7) is 2.71. The van der Waals surface area contributed by atoms with E-state index in [1.54, 1.807) is 0 Å². The van der Waals surface area contributed by atoms with Gasteiger partial charge in [-0.1, -0.05) is 36.4 Å². The summed E-state index contributed by atoms with van der Waals surface area (Å²) in [6, 6.07) is 14.7. The first kappa shape index (κ1) is 14.1. The van der Waals surface area contributed by atoms with Gasteiger partial charge in [-0.05, 0) is 47.8 Å². The van der Waals surface area contributed by atoms with Crippen molar-refractivity contribution in [2.75, 3.05) is 20.1 Å². The fraction of sp³-hybridized carbons (Fsp3) is 0.389. The number of rotatable bonds is 4. The molecule has 1 aliphatic rings. The molecule has 2 aromatic carbocycles. The summed E-state index contributed by atoms with van der Waals surface area (Å²) >= 11 is 0. The Bertz CT molecular complexity index is 632. The quantitative estimate of drug-likeness (QED) is 0.935. The molecule has 1 fully saturated rings. The molecule has 1 N–H and O–H groups in total. The molecule has 2 aromatic rings. The number of fused-ring (bicyclic) bond motifs is 1. The maximum atomic E-state index is 12.3. The molecule has 0 aliphatic carbocycles. The zero-order valence-electron chi connectivity index (χ0n) is 12.5. The molecule has 1 unspecified atom stereocenters. The van der Waals surface area contributed by atoms with Crippen LogP contribution < -0.4 is 5.32 Å². The lowest BCUT2D eigenvalue weighted by Crippen LogP contribution is -2.28. The summed E-state index contributed by atoms with van der Waals surface area (Å²) in [5.74, 6) is 0.758. The fourth-order valence-corrected chi connectivity index (χ4v) is 2.99.